The van der Waals surface area contributed by atoms with E-state index in [9.17, 15) is 14.4 Å². The van der Waals surface area contributed by atoms with Crippen molar-refractivity contribution in [3.63, 3.8) is 0 Å². The van der Waals surface area contributed by atoms with Gasteiger partial charge in [-0.3, -0.25) is 4.57 Å². The fourth-order valence-electron chi connectivity index (χ4n) is 6.40. The maximum atomic E-state index is 12.1. The van der Waals surface area contributed by atoms with E-state index in [0.29, 0.717) is 0 Å². The lowest BCUT2D eigenvalue weighted by molar-refractivity contribution is 0.387. The van der Waals surface area contributed by atoms with E-state index in [-0.39, 0.29) is 5.30 Å². The summed E-state index contributed by atoms with van der Waals surface area (Å²) < 4.78 is 12.1. The van der Waals surface area contributed by atoms with Crippen molar-refractivity contribution in [3.8, 4) is 33.4 Å². The van der Waals surface area contributed by atoms with Gasteiger partial charge in [0.25, 0.3) is 0 Å². The summed E-state index contributed by atoms with van der Waals surface area (Å²) in [5, 5.41) is 4.80. The lowest BCUT2D eigenvalue weighted by Crippen LogP contribution is -2.17. The van der Waals surface area contributed by atoms with Crippen LogP contribution >= 0.6 is 7.60 Å². The maximum Gasteiger partial charge on any atom is 0.356 e. The van der Waals surface area contributed by atoms with Crippen LogP contribution < -0.4 is 5.30 Å². The zero-order chi connectivity index (χ0) is 26.9. The van der Waals surface area contributed by atoms with Crippen LogP contribution in [0, 0.1) is 0 Å². The average Bonchev–Trinajstić information content (AvgIpc) is 3.16. The van der Waals surface area contributed by atoms with E-state index in [1.807, 2.05) is 18.2 Å². The van der Waals surface area contributed by atoms with Gasteiger partial charge in [-0.2, -0.15) is 0 Å². The molecule has 4 heteroatoms. The highest BCUT2D eigenvalue weighted by atomic mass is 31.2. The number of fused-ring (bicyclic) bond motifs is 5. The Kier molecular flexibility index (Phi) is 5.24. The fraction of sp³-hybridized carbons (Fsp3) is 0.0857. The SMILES string of the molecule is CC1(C)c2cc(P(=O)(O)O)ccc2-c2cc3c(-c4ccccc4)c4ccccc4c(-c4ccccc4)c3cc21. The summed E-state index contributed by atoms with van der Waals surface area (Å²) in [5.74, 6) is 0. The van der Waals surface area contributed by atoms with E-state index >= 15 is 0 Å². The molecular formula is C35H27O3P. The summed E-state index contributed by atoms with van der Waals surface area (Å²) in [6, 6.07) is 39.5. The second-order valence-corrected chi connectivity index (χ2v) is 12.5. The molecule has 3 nitrogen and oxygen atoms in total. The van der Waals surface area contributed by atoms with Crippen molar-refractivity contribution in [1.29, 1.82) is 0 Å². The molecule has 0 radical (unpaired) electrons. The minimum Gasteiger partial charge on any atom is -0.321 e. The molecular weight excluding hydrogens is 499 g/mol. The first-order valence-corrected chi connectivity index (χ1v) is 14.7. The van der Waals surface area contributed by atoms with Crippen molar-refractivity contribution in [2.24, 2.45) is 0 Å². The van der Waals surface area contributed by atoms with Gasteiger partial charge in [0.05, 0.1) is 5.30 Å². The minimum atomic E-state index is -4.37. The Morgan fingerprint density at radius 1 is 0.538 bits per heavy atom. The van der Waals surface area contributed by atoms with Crippen LogP contribution in [0.1, 0.15) is 25.0 Å². The number of rotatable bonds is 3. The number of hydrogen-bond donors (Lipinski definition) is 2. The lowest BCUT2D eigenvalue weighted by atomic mass is 9.79. The van der Waals surface area contributed by atoms with Gasteiger partial charge >= 0.3 is 7.60 Å². The second-order valence-electron chi connectivity index (χ2n) is 10.9. The first kappa shape index (κ1) is 24.1. The lowest BCUT2D eigenvalue weighted by Gasteiger charge is -2.24. The first-order chi connectivity index (χ1) is 18.7. The van der Waals surface area contributed by atoms with E-state index in [1.165, 1.54) is 38.2 Å². The number of benzene rings is 6. The highest BCUT2D eigenvalue weighted by Crippen LogP contribution is 2.53. The molecule has 0 amide bonds. The summed E-state index contributed by atoms with van der Waals surface area (Å²) in [4.78, 5) is 19.8. The predicted octanol–water partition coefficient (Wildman–Crippen LogP) is 8.44. The molecule has 0 bridgehead atoms. The van der Waals surface area contributed by atoms with Gasteiger partial charge in [-0.1, -0.05) is 105 Å². The molecule has 0 unspecified atom stereocenters. The Morgan fingerprint density at radius 2 is 1.03 bits per heavy atom. The molecule has 0 saturated carbocycles. The molecule has 1 aliphatic rings. The Hall–Kier alpha value is -4.01. The van der Waals surface area contributed by atoms with Crippen LogP contribution in [-0.4, -0.2) is 9.79 Å². The van der Waals surface area contributed by atoms with Crippen LogP contribution in [0.15, 0.2) is 115 Å². The van der Waals surface area contributed by atoms with Gasteiger partial charge in [0.15, 0.2) is 0 Å². The van der Waals surface area contributed by atoms with Crippen molar-refractivity contribution in [2.45, 2.75) is 19.3 Å². The van der Waals surface area contributed by atoms with E-state index in [1.54, 1.807) is 12.1 Å². The van der Waals surface area contributed by atoms with Gasteiger partial charge in [0.1, 0.15) is 0 Å². The molecule has 0 fully saturated rings. The zero-order valence-electron chi connectivity index (χ0n) is 21.7. The van der Waals surface area contributed by atoms with Crippen LogP contribution in [0.4, 0.5) is 0 Å². The van der Waals surface area contributed by atoms with E-state index in [0.717, 1.165) is 27.8 Å². The van der Waals surface area contributed by atoms with Crippen molar-refractivity contribution in [1.82, 2.24) is 0 Å². The summed E-state index contributed by atoms with van der Waals surface area (Å²) >= 11 is 0. The third-order valence-corrected chi connectivity index (χ3v) is 9.21. The Morgan fingerprint density at radius 3 is 1.56 bits per heavy atom. The summed E-state index contributed by atoms with van der Waals surface area (Å²) in [6.45, 7) is 4.29. The molecule has 6 aromatic carbocycles. The average molecular weight is 527 g/mol. The fourth-order valence-corrected chi connectivity index (χ4v) is 6.97. The Labute approximate surface area is 227 Å². The van der Waals surface area contributed by atoms with Gasteiger partial charge in [-0.25, -0.2) is 0 Å². The molecule has 0 aromatic heterocycles. The van der Waals surface area contributed by atoms with E-state index in [4.69, 9.17) is 0 Å². The quantitative estimate of drug-likeness (QED) is 0.180. The molecule has 190 valence electrons. The molecule has 7 rings (SSSR count). The van der Waals surface area contributed by atoms with Crippen LogP contribution in [-0.2, 0) is 9.98 Å². The molecule has 0 heterocycles. The molecule has 0 aliphatic heterocycles. The van der Waals surface area contributed by atoms with Crippen LogP contribution in [0.25, 0.3) is 54.9 Å². The zero-order valence-corrected chi connectivity index (χ0v) is 22.6. The van der Waals surface area contributed by atoms with Gasteiger partial charge in [-0.05, 0) is 90.3 Å². The highest BCUT2D eigenvalue weighted by molar-refractivity contribution is 7.60. The largest absolute Gasteiger partial charge is 0.356 e. The molecule has 2 N–H and O–H groups in total. The normalized spacial score (nSPS) is 13.9. The predicted molar refractivity (Wildman–Crippen MR) is 162 cm³/mol. The van der Waals surface area contributed by atoms with Crippen LogP contribution in [0.5, 0.6) is 0 Å². The van der Waals surface area contributed by atoms with Gasteiger partial charge < -0.3 is 9.79 Å². The standard InChI is InChI=1S/C35H27O3P/c1-35(2)31-19-24(39(36,37)38)17-18-25(31)28-20-29-30(21-32(28)35)34(23-13-7-4-8-14-23)27-16-10-9-15-26(27)33(29)22-11-5-3-6-12-22/h3-21H,1-2H3,(H2,36,37,38). The Balaban J connectivity index is 1.66. The van der Waals surface area contributed by atoms with Gasteiger partial charge in [-0.15, -0.1) is 0 Å². The van der Waals surface area contributed by atoms with Gasteiger partial charge in [0, 0.05) is 5.41 Å². The molecule has 0 spiro atoms. The second kappa shape index (κ2) is 8.49. The van der Waals surface area contributed by atoms with Crippen LogP contribution in [0.3, 0.4) is 0 Å². The van der Waals surface area contributed by atoms with Crippen LogP contribution in [0.2, 0.25) is 0 Å². The molecule has 39 heavy (non-hydrogen) atoms. The highest BCUT2D eigenvalue weighted by Gasteiger charge is 2.37. The molecule has 1 aliphatic carbocycles. The smallest absolute Gasteiger partial charge is 0.321 e. The molecule has 0 saturated heterocycles. The van der Waals surface area contributed by atoms with Crippen molar-refractivity contribution in [2.75, 3.05) is 0 Å². The maximum absolute atomic E-state index is 12.1. The molecule has 0 atom stereocenters. The third kappa shape index (κ3) is 3.62. The Bertz CT molecular complexity index is 1970. The third-order valence-electron chi connectivity index (χ3n) is 8.26. The van der Waals surface area contributed by atoms with Crippen molar-refractivity contribution < 1.29 is 14.4 Å². The topological polar surface area (TPSA) is 57.5 Å². The first-order valence-electron chi connectivity index (χ1n) is 13.1. The monoisotopic (exact) mass is 526 g/mol. The summed E-state index contributed by atoms with van der Waals surface area (Å²) in [7, 11) is -4.37. The van der Waals surface area contributed by atoms with Crippen molar-refractivity contribution >= 4 is 34.4 Å². The molecule has 6 aromatic rings. The minimum absolute atomic E-state index is 0.0624. The summed E-state index contributed by atoms with van der Waals surface area (Å²) in [5.41, 5.74) is 8.56. The van der Waals surface area contributed by atoms with E-state index < -0.39 is 13.0 Å². The van der Waals surface area contributed by atoms with Gasteiger partial charge in [0.2, 0.25) is 0 Å². The number of hydrogen-bond acceptors (Lipinski definition) is 1. The van der Waals surface area contributed by atoms with E-state index in [2.05, 4.69) is 98.8 Å². The van der Waals surface area contributed by atoms with Crippen molar-refractivity contribution in [3.05, 3.63) is 126 Å². The summed E-state index contributed by atoms with van der Waals surface area (Å²) in [6.07, 6.45) is 0.